The normalized spacial score (nSPS) is 22.4. The summed E-state index contributed by atoms with van der Waals surface area (Å²) >= 11 is 1.82. The van der Waals surface area contributed by atoms with E-state index in [1.165, 1.54) is 6.20 Å². The monoisotopic (exact) mass is 284 g/mol. The highest BCUT2D eigenvalue weighted by molar-refractivity contribution is 7.99. The fourth-order valence-corrected chi connectivity index (χ4v) is 2.96. The third-order valence-corrected chi connectivity index (χ3v) is 4.22. The molecule has 1 saturated carbocycles. The third kappa shape index (κ3) is 3.69. The molecule has 1 aromatic heterocycles. The van der Waals surface area contributed by atoms with Gasteiger partial charge in [-0.3, -0.25) is 9.59 Å². The van der Waals surface area contributed by atoms with Crippen LogP contribution in [0.5, 0.6) is 0 Å². The van der Waals surface area contributed by atoms with Crippen molar-refractivity contribution in [3.05, 3.63) is 11.9 Å². The zero-order valence-electron chi connectivity index (χ0n) is 10.6. The Kier molecular flexibility index (Phi) is 4.41. The van der Waals surface area contributed by atoms with Gasteiger partial charge in [-0.2, -0.15) is 11.8 Å². The molecule has 2 atom stereocenters. The largest absolute Gasteiger partial charge is 0.480 e. The lowest BCUT2D eigenvalue weighted by molar-refractivity contribution is -0.137. The summed E-state index contributed by atoms with van der Waals surface area (Å²) in [4.78, 5) is 22.4. The van der Waals surface area contributed by atoms with Gasteiger partial charge in [0.1, 0.15) is 6.54 Å². The molecular formula is C11H16N4O3S. The molecule has 1 aromatic rings. The molecule has 1 fully saturated rings. The standard InChI is InChI=1S/C11H16N4O3S/c1-19-8-3-2-7(4-8)12-11(18)9-5-15(14-13-9)6-10(16)17/h5,7-8H,2-4,6H2,1H3,(H,12,18)(H,16,17). The minimum Gasteiger partial charge on any atom is -0.480 e. The molecule has 2 rings (SSSR count). The van der Waals surface area contributed by atoms with E-state index in [4.69, 9.17) is 5.11 Å². The first-order valence-electron chi connectivity index (χ1n) is 6.04. The van der Waals surface area contributed by atoms with Gasteiger partial charge in [0.2, 0.25) is 0 Å². The van der Waals surface area contributed by atoms with Crippen molar-refractivity contribution < 1.29 is 14.7 Å². The first-order valence-corrected chi connectivity index (χ1v) is 7.33. The highest BCUT2D eigenvalue weighted by Crippen LogP contribution is 2.28. The Balaban J connectivity index is 1.89. The average molecular weight is 284 g/mol. The Hall–Kier alpha value is -1.57. The fourth-order valence-electron chi connectivity index (χ4n) is 2.16. The number of thioether (sulfide) groups is 1. The minimum atomic E-state index is -1.02. The van der Waals surface area contributed by atoms with Crippen molar-refractivity contribution in [2.75, 3.05) is 6.26 Å². The molecule has 0 radical (unpaired) electrons. The predicted molar refractivity (Wildman–Crippen MR) is 70.1 cm³/mol. The van der Waals surface area contributed by atoms with Crippen molar-refractivity contribution in [3.8, 4) is 0 Å². The van der Waals surface area contributed by atoms with Crippen molar-refractivity contribution in [2.45, 2.75) is 37.1 Å². The van der Waals surface area contributed by atoms with Gasteiger partial charge in [0.25, 0.3) is 5.91 Å². The molecule has 1 aliphatic carbocycles. The predicted octanol–water partition coefficient (Wildman–Crippen LogP) is 0.377. The summed E-state index contributed by atoms with van der Waals surface area (Å²) in [6, 6.07) is 0.176. The van der Waals surface area contributed by atoms with Crippen molar-refractivity contribution in [2.24, 2.45) is 0 Å². The highest BCUT2D eigenvalue weighted by Gasteiger charge is 2.26. The lowest BCUT2D eigenvalue weighted by Gasteiger charge is -2.11. The molecular weight excluding hydrogens is 268 g/mol. The Bertz CT molecular complexity index is 476. The summed E-state index contributed by atoms with van der Waals surface area (Å²) < 4.78 is 1.14. The van der Waals surface area contributed by atoms with Crippen molar-refractivity contribution in [1.82, 2.24) is 20.3 Å². The van der Waals surface area contributed by atoms with Gasteiger partial charge in [0, 0.05) is 11.3 Å². The van der Waals surface area contributed by atoms with E-state index in [9.17, 15) is 9.59 Å². The maximum absolute atomic E-state index is 11.9. The molecule has 0 aliphatic heterocycles. The summed E-state index contributed by atoms with van der Waals surface area (Å²) in [6.45, 7) is -0.293. The quantitative estimate of drug-likeness (QED) is 0.811. The van der Waals surface area contributed by atoms with Crippen molar-refractivity contribution in [1.29, 1.82) is 0 Å². The fraction of sp³-hybridized carbons (Fsp3) is 0.636. The van der Waals surface area contributed by atoms with Crippen LogP contribution in [0.15, 0.2) is 6.20 Å². The number of hydrogen-bond donors (Lipinski definition) is 2. The third-order valence-electron chi connectivity index (χ3n) is 3.12. The zero-order valence-corrected chi connectivity index (χ0v) is 11.4. The molecule has 0 bridgehead atoms. The Morgan fingerprint density at radius 2 is 2.37 bits per heavy atom. The van der Waals surface area contributed by atoms with Crippen LogP contribution in [0.4, 0.5) is 0 Å². The second kappa shape index (κ2) is 6.05. The molecule has 0 saturated heterocycles. The van der Waals surface area contributed by atoms with E-state index in [1.54, 1.807) is 0 Å². The molecule has 19 heavy (non-hydrogen) atoms. The Morgan fingerprint density at radius 1 is 1.58 bits per heavy atom. The van der Waals surface area contributed by atoms with Crippen LogP contribution >= 0.6 is 11.8 Å². The summed E-state index contributed by atoms with van der Waals surface area (Å²) in [5.41, 5.74) is 0.161. The van der Waals surface area contributed by atoms with Crippen LogP contribution in [0.1, 0.15) is 29.8 Å². The first-order chi connectivity index (χ1) is 9.08. The zero-order chi connectivity index (χ0) is 13.8. The van der Waals surface area contributed by atoms with Gasteiger partial charge in [0.15, 0.2) is 5.69 Å². The van der Waals surface area contributed by atoms with E-state index in [1.807, 2.05) is 11.8 Å². The number of carboxylic acids is 1. The number of aliphatic carboxylic acids is 1. The van der Waals surface area contributed by atoms with Crippen molar-refractivity contribution >= 4 is 23.6 Å². The molecule has 8 heteroatoms. The lowest BCUT2D eigenvalue weighted by Crippen LogP contribution is -2.33. The number of nitrogens with one attached hydrogen (secondary N) is 1. The number of amides is 1. The number of aromatic nitrogens is 3. The van der Waals surface area contributed by atoms with E-state index in [2.05, 4.69) is 21.9 Å². The van der Waals surface area contributed by atoms with Gasteiger partial charge in [-0.1, -0.05) is 5.21 Å². The molecule has 0 aromatic carbocycles. The molecule has 0 spiro atoms. The van der Waals surface area contributed by atoms with Crippen LogP contribution in [0.3, 0.4) is 0 Å². The molecule has 104 valence electrons. The number of carboxylic acid groups (broad SMARTS) is 1. The van der Waals surface area contributed by atoms with Gasteiger partial charge < -0.3 is 10.4 Å². The van der Waals surface area contributed by atoms with E-state index in [0.29, 0.717) is 5.25 Å². The second-order valence-electron chi connectivity index (χ2n) is 4.54. The van der Waals surface area contributed by atoms with Crippen LogP contribution < -0.4 is 5.32 Å². The van der Waals surface area contributed by atoms with Crippen LogP contribution in [0, 0.1) is 0 Å². The summed E-state index contributed by atoms with van der Waals surface area (Å²) in [6.07, 6.45) is 6.48. The van der Waals surface area contributed by atoms with Gasteiger partial charge in [-0.05, 0) is 25.5 Å². The number of rotatable bonds is 5. The van der Waals surface area contributed by atoms with E-state index in [-0.39, 0.29) is 24.2 Å². The first kappa shape index (κ1) is 13.9. The second-order valence-corrected chi connectivity index (χ2v) is 5.67. The maximum atomic E-state index is 11.9. The van der Waals surface area contributed by atoms with Crippen LogP contribution in [-0.2, 0) is 11.3 Å². The van der Waals surface area contributed by atoms with Gasteiger partial charge in [-0.15, -0.1) is 5.10 Å². The molecule has 7 nitrogen and oxygen atoms in total. The topological polar surface area (TPSA) is 97.1 Å². The number of hydrogen-bond acceptors (Lipinski definition) is 5. The molecule has 2 N–H and O–H groups in total. The molecule has 1 heterocycles. The van der Waals surface area contributed by atoms with Crippen LogP contribution in [0.2, 0.25) is 0 Å². The lowest BCUT2D eigenvalue weighted by atomic mass is 10.2. The highest BCUT2D eigenvalue weighted by atomic mass is 32.2. The number of carbonyl (C=O) groups is 2. The maximum Gasteiger partial charge on any atom is 0.325 e. The number of carbonyl (C=O) groups excluding carboxylic acids is 1. The Morgan fingerprint density at radius 3 is 3.00 bits per heavy atom. The van der Waals surface area contributed by atoms with Gasteiger partial charge >= 0.3 is 5.97 Å². The summed E-state index contributed by atoms with van der Waals surface area (Å²) in [5.74, 6) is -1.31. The summed E-state index contributed by atoms with van der Waals surface area (Å²) in [7, 11) is 0. The van der Waals surface area contributed by atoms with E-state index in [0.717, 1.165) is 23.9 Å². The molecule has 1 aliphatic rings. The van der Waals surface area contributed by atoms with Crippen molar-refractivity contribution in [3.63, 3.8) is 0 Å². The minimum absolute atomic E-state index is 0.161. The summed E-state index contributed by atoms with van der Waals surface area (Å²) in [5, 5.41) is 19.4. The smallest absolute Gasteiger partial charge is 0.325 e. The van der Waals surface area contributed by atoms with E-state index >= 15 is 0 Å². The van der Waals surface area contributed by atoms with Crippen LogP contribution in [-0.4, -0.2) is 49.5 Å². The molecule has 2 unspecified atom stereocenters. The Labute approximate surface area is 114 Å². The molecule has 1 amide bonds. The van der Waals surface area contributed by atoms with E-state index < -0.39 is 5.97 Å². The SMILES string of the molecule is CSC1CCC(NC(=O)c2cn(CC(=O)O)nn2)C1. The van der Waals surface area contributed by atoms with Gasteiger partial charge in [-0.25, -0.2) is 4.68 Å². The number of nitrogens with zero attached hydrogens (tertiary/aromatic N) is 3. The average Bonchev–Trinajstić information content (AvgIpc) is 2.97. The van der Waals surface area contributed by atoms with Crippen LogP contribution in [0.25, 0.3) is 0 Å². The van der Waals surface area contributed by atoms with Gasteiger partial charge in [0.05, 0.1) is 6.20 Å².